The van der Waals surface area contributed by atoms with Gasteiger partial charge in [0.1, 0.15) is 6.04 Å². The number of anilines is 1. The third-order valence-corrected chi connectivity index (χ3v) is 4.15. The molecule has 0 radical (unpaired) electrons. The number of amides is 1. The first-order valence-electron chi connectivity index (χ1n) is 8.39. The summed E-state index contributed by atoms with van der Waals surface area (Å²) < 4.78 is 3.35. The quantitative estimate of drug-likeness (QED) is 0.777. The molecular weight excluding hydrogens is 316 g/mol. The number of hydrogen-bond acceptors (Lipinski definition) is 3. The number of nitrogens with zero attached hydrogens (tertiary/aromatic N) is 3. The van der Waals surface area contributed by atoms with Gasteiger partial charge in [-0.2, -0.15) is 0 Å². The molecule has 130 valence electrons. The molecule has 2 aromatic heterocycles. The molecule has 1 amide bonds. The lowest BCUT2D eigenvalue weighted by molar-refractivity contribution is -0.118. The molecule has 0 saturated heterocycles. The number of carbonyl (C=O) groups is 1. The molecule has 3 rings (SSSR count). The number of rotatable bonds is 5. The normalized spacial score (nSPS) is 12.5. The highest BCUT2D eigenvalue weighted by Gasteiger charge is 2.19. The average molecular weight is 338 g/mol. The Balaban J connectivity index is 1.85. The molecule has 0 aliphatic carbocycles. The second-order valence-corrected chi connectivity index (χ2v) is 6.58. The van der Waals surface area contributed by atoms with Gasteiger partial charge in [-0.25, -0.2) is 4.98 Å². The molecular formula is C19H22N4O2. The molecule has 2 heterocycles. The van der Waals surface area contributed by atoms with Crippen LogP contribution in [-0.4, -0.2) is 20.0 Å². The van der Waals surface area contributed by atoms with E-state index in [1.165, 1.54) is 4.57 Å². The van der Waals surface area contributed by atoms with Crippen molar-refractivity contribution in [2.45, 2.75) is 33.4 Å². The van der Waals surface area contributed by atoms with Crippen LogP contribution in [0.3, 0.4) is 0 Å². The highest BCUT2D eigenvalue weighted by Crippen LogP contribution is 2.14. The fraction of sp³-hybridized carbons (Fsp3) is 0.316. The van der Waals surface area contributed by atoms with Crippen molar-refractivity contribution in [1.29, 1.82) is 0 Å². The van der Waals surface area contributed by atoms with E-state index in [9.17, 15) is 9.59 Å². The maximum absolute atomic E-state index is 12.7. The minimum absolute atomic E-state index is 0.175. The Morgan fingerprint density at radius 3 is 2.68 bits per heavy atom. The molecule has 1 aromatic carbocycles. The average Bonchev–Trinajstić information content (AvgIpc) is 3.01. The third-order valence-electron chi connectivity index (χ3n) is 4.15. The predicted molar refractivity (Wildman–Crippen MR) is 98.6 cm³/mol. The van der Waals surface area contributed by atoms with Crippen molar-refractivity contribution >= 4 is 22.6 Å². The number of carbonyl (C=O) groups excluding carboxylic acids is 1. The molecule has 6 nitrogen and oxygen atoms in total. The van der Waals surface area contributed by atoms with Gasteiger partial charge >= 0.3 is 0 Å². The zero-order valence-electron chi connectivity index (χ0n) is 14.6. The molecule has 6 heteroatoms. The zero-order chi connectivity index (χ0) is 18.0. The van der Waals surface area contributed by atoms with Crippen LogP contribution in [0.5, 0.6) is 0 Å². The van der Waals surface area contributed by atoms with Crippen LogP contribution in [0.25, 0.3) is 10.8 Å². The van der Waals surface area contributed by atoms with Crippen LogP contribution in [0.1, 0.15) is 26.8 Å². The van der Waals surface area contributed by atoms with E-state index in [2.05, 4.69) is 24.1 Å². The number of imidazole rings is 1. The summed E-state index contributed by atoms with van der Waals surface area (Å²) in [5.74, 6) is 0.665. The van der Waals surface area contributed by atoms with E-state index >= 15 is 0 Å². The van der Waals surface area contributed by atoms with E-state index in [-0.39, 0.29) is 11.5 Å². The highest BCUT2D eigenvalue weighted by atomic mass is 16.2. The van der Waals surface area contributed by atoms with E-state index in [0.29, 0.717) is 17.3 Å². The van der Waals surface area contributed by atoms with Crippen molar-refractivity contribution in [3.8, 4) is 0 Å². The Bertz CT molecular complexity index is 955. The fourth-order valence-corrected chi connectivity index (χ4v) is 2.82. The van der Waals surface area contributed by atoms with Crippen LogP contribution in [0.15, 0.2) is 53.7 Å². The summed E-state index contributed by atoms with van der Waals surface area (Å²) in [6, 6.07) is 8.57. The maximum atomic E-state index is 12.7. The number of benzene rings is 1. The van der Waals surface area contributed by atoms with Crippen LogP contribution in [0, 0.1) is 5.92 Å². The van der Waals surface area contributed by atoms with Crippen molar-refractivity contribution in [3.05, 3.63) is 59.3 Å². The van der Waals surface area contributed by atoms with Gasteiger partial charge in [-0.3, -0.25) is 14.9 Å². The number of pyridine rings is 1. The van der Waals surface area contributed by atoms with E-state index < -0.39 is 6.04 Å². The van der Waals surface area contributed by atoms with E-state index in [1.54, 1.807) is 25.4 Å². The van der Waals surface area contributed by atoms with Gasteiger partial charge in [-0.15, -0.1) is 0 Å². The number of fused-ring (bicyclic) bond motifs is 1. The van der Waals surface area contributed by atoms with Crippen LogP contribution in [0.4, 0.5) is 5.95 Å². The Morgan fingerprint density at radius 1 is 1.16 bits per heavy atom. The van der Waals surface area contributed by atoms with Crippen LogP contribution in [0.2, 0.25) is 0 Å². The second-order valence-electron chi connectivity index (χ2n) is 6.58. The van der Waals surface area contributed by atoms with Crippen molar-refractivity contribution in [1.82, 2.24) is 14.1 Å². The van der Waals surface area contributed by atoms with E-state index in [4.69, 9.17) is 0 Å². The number of aromatic nitrogens is 3. The third kappa shape index (κ3) is 3.47. The van der Waals surface area contributed by atoms with Gasteiger partial charge in [0.25, 0.3) is 5.56 Å². The largest absolute Gasteiger partial charge is 0.317 e. The Hall–Kier alpha value is -2.89. The first kappa shape index (κ1) is 17.0. The first-order valence-corrected chi connectivity index (χ1v) is 8.39. The van der Waals surface area contributed by atoms with Crippen LogP contribution < -0.4 is 10.9 Å². The minimum Gasteiger partial charge on any atom is -0.317 e. The minimum atomic E-state index is -0.638. The van der Waals surface area contributed by atoms with Gasteiger partial charge in [-0.1, -0.05) is 32.0 Å². The fourth-order valence-electron chi connectivity index (χ4n) is 2.82. The van der Waals surface area contributed by atoms with E-state index in [0.717, 1.165) is 11.9 Å². The summed E-state index contributed by atoms with van der Waals surface area (Å²) >= 11 is 0. The summed E-state index contributed by atoms with van der Waals surface area (Å²) in [5, 5.41) is 4.29. The lowest BCUT2D eigenvalue weighted by atomic mass is 10.1. The standard InChI is InChI=1S/C19H22N4O2/c1-13(2)12-22-11-9-20-19(22)21-17(24)14(3)23-10-8-15-6-4-5-7-16(15)18(23)25/h4-11,13-14H,12H2,1-3H3,(H,20,21,24)/t14-/m1/s1. The summed E-state index contributed by atoms with van der Waals surface area (Å²) in [6.45, 7) is 6.67. The lowest BCUT2D eigenvalue weighted by Gasteiger charge is -2.16. The van der Waals surface area contributed by atoms with E-state index in [1.807, 2.05) is 35.0 Å². The van der Waals surface area contributed by atoms with Gasteiger partial charge in [0.2, 0.25) is 11.9 Å². The summed E-state index contributed by atoms with van der Waals surface area (Å²) in [5.41, 5.74) is -0.175. The SMILES string of the molecule is CC(C)Cn1ccnc1NC(=O)[C@@H](C)n1ccc2ccccc2c1=O. The van der Waals surface area contributed by atoms with Crippen molar-refractivity contribution in [2.24, 2.45) is 5.92 Å². The smallest absolute Gasteiger partial charge is 0.259 e. The molecule has 0 unspecified atom stereocenters. The summed E-state index contributed by atoms with van der Waals surface area (Å²) in [4.78, 5) is 29.5. The molecule has 0 bridgehead atoms. The summed E-state index contributed by atoms with van der Waals surface area (Å²) in [7, 11) is 0. The Labute approximate surface area is 146 Å². The molecule has 0 spiro atoms. The van der Waals surface area contributed by atoms with Gasteiger partial charge in [0, 0.05) is 30.5 Å². The van der Waals surface area contributed by atoms with Crippen molar-refractivity contribution in [2.75, 3.05) is 5.32 Å². The molecule has 1 atom stereocenters. The topological polar surface area (TPSA) is 68.9 Å². The van der Waals surface area contributed by atoms with Gasteiger partial charge in [-0.05, 0) is 30.4 Å². The first-order chi connectivity index (χ1) is 12.0. The maximum Gasteiger partial charge on any atom is 0.259 e. The Morgan fingerprint density at radius 2 is 1.92 bits per heavy atom. The zero-order valence-corrected chi connectivity index (χ0v) is 14.6. The number of nitrogens with one attached hydrogen (secondary N) is 1. The highest BCUT2D eigenvalue weighted by molar-refractivity contribution is 5.92. The van der Waals surface area contributed by atoms with Gasteiger partial charge < -0.3 is 9.13 Å². The van der Waals surface area contributed by atoms with Crippen LogP contribution in [-0.2, 0) is 11.3 Å². The predicted octanol–water partition coefficient (Wildman–Crippen LogP) is 3.05. The van der Waals surface area contributed by atoms with Crippen molar-refractivity contribution in [3.63, 3.8) is 0 Å². The molecule has 0 fully saturated rings. The molecule has 3 aromatic rings. The second kappa shape index (κ2) is 6.93. The monoisotopic (exact) mass is 338 g/mol. The molecule has 1 N–H and O–H groups in total. The molecule has 0 saturated carbocycles. The van der Waals surface area contributed by atoms with Gasteiger partial charge in [0.05, 0.1) is 0 Å². The summed E-state index contributed by atoms with van der Waals surface area (Å²) in [6.07, 6.45) is 5.16. The Kier molecular flexibility index (Phi) is 4.70. The van der Waals surface area contributed by atoms with Crippen LogP contribution >= 0.6 is 0 Å². The number of hydrogen-bond donors (Lipinski definition) is 1. The molecule has 25 heavy (non-hydrogen) atoms. The van der Waals surface area contributed by atoms with Gasteiger partial charge in [0.15, 0.2) is 0 Å². The van der Waals surface area contributed by atoms with Crippen molar-refractivity contribution < 1.29 is 4.79 Å². The molecule has 0 aliphatic rings. The lowest BCUT2D eigenvalue weighted by Crippen LogP contribution is -2.32. The molecule has 0 aliphatic heterocycles.